The molecular formula is C19H19ClKN3O5S. The van der Waals surface area contributed by atoms with Gasteiger partial charge < -0.3 is 15.2 Å². The van der Waals surface area contributed by atoms with E-state index in [0.29, 0.717) is 31.0 Å². The minimum atomic E-state index is -3.73. The number of hydrogen-bond acceptors (Lipinski definition) is 6. The van der Waals surface area contributed by atoms with Gasteiger partial charge in [0.25, 0.3) is 5.91 Å². The average molecular weight is 476 g/mol. The Kier molecular flexibility index (Phi) is 9.44. The molecule has 0 bridgehead atoms. The van der Waals surface area contributed by atoms with E-state index in [2.05, 4.69) is 10.3 Å². The smallest absolute Gasteiger partial charge is 0.548 e. The molecule has 1 amide bonds. The molecule has 1 aliphatic rings. The number of nitrogens with one attached hydrogen (secondary N) is 1. The molecular weight excluding hydrogens is 457 g/mol. The first-order valence-electron chi connectivity index (χ1n) is 8.97. The van der Waals surface area contributed by atoms with Crippen molar-refractivity contribution in [1.29, 1.82) is 0 Å². The SMILES string of the molecule is O=C([O-])CNC(=O)c1ccc(S(=O)(=O)N2CCC(c3ccc(Cl)cc3)CC2)cn1.[K+]. The van der Waals surface area contributed by atoms with Gasteiger partial charge in [-0.1, -0.05) is 23.7 Å². The molecule has 1 aromatic heterocycles. The zero-order valence-electron chi connectivity index (χ0n) is 16.4. The number of carbonyl (C=O) groups is 2. The van der Waals surface area contributed by atoms with Crippen LogP contribution in [0.25, 0.3) is 0 Å². The van der Waals surface area contributed by atoms with Crippen molar-refractivity contribution >= 4 is 33.5 Å². The van der Waals surface area contributed by atoms with Crippen molar-refractivity contribution in [3.05, 3.63) is 58.9 Å². The number of benzene rings is 1. The number of sulfonamides is 1. The van der Waals surface area contributed by atoms with E-state index in [1.54, 1.807) is 0 Å². The molecule has 0 spiro atoms. The summed E-state index contributed by atoms with van der Waals surface area (Å²) in [6, 6.07) is 10.1. The summed E-state index contributed by atoms with van der Waals surface area (Å²) >= 11 is 5.92. The van der Waals surface area contributed by atoms with Crippen LogP contribution in [-0.4, -0.2) is 49.2 Å². The summed E-state index contributed by atoms with van der Waals surface area (Å²) in [6.45, 7) is 0.107. The number of carboxylic acid groups (broad SMARTS) is 1. The van der Waals surface area contributed by atoms with E-state index in [-0.39, 0.29) is 67.9 Å². The Balaban J connectivity index is 0.00000320. The standard InChI is InChI=1S/C19H20ClN3O5S.K/c20-15-3-1-13(2-4-15)14-7-9-23(10-8-14)29(27,28)16-5-6-17(21-11-16)19(26)22-12-18(24)25;/h1-6,11,14H,7-10,12H2,(H,22,26)(H,24,25);/q;+1/p-1. The van der Waals surface area contributed by atoms with Crippen LogP contribution in [0.4, 0.5) is 0 Å². The third kappa shape index (κ3) is 6.33. The molecule has 0 aliphatic carbocycles. The van der Waals surface area contributed by atoms with E-state index in [1.807, 2.05) is 24.3 Å². The van der Waals surface area contributed by atoms with Crippen molar-refractivity contribution in [2.24, 2.45) is 0 Å². The number of rotatable bonds is 6. The summed E-state index contributed by atoms with van der Waals surface area (Å²) in [4.78, 5) is 26.0. The van der Waals surface area contributed by atoms with Crippen molar-refractivity contribution in [3.8, 4) is 0 Å². The maximum atomic E-state index is 12.9. The van der Waals surface area contributed by atoms with Crippen molar-refractivity contribution in [2.75, 3.05) is 19.6 Å². The number of amides is 1. The number of aromatic nitrogens is 1. The summed E-state index contributed by atoms with van der Waals surface area (Å²) < 4.78 is 27.1. The Morgan fingerprint density at radius 3 is 2.30 bits per heavy atom. The molecule has 3 rings (SSSR count). The number of carbonyl (C=O) groups excluding carboxylic acids is 2. The van der Waals surface area contributed by atoms with Crippen molar-refractivity contribution in [1.82, 2.24) is 14.6 Å². The van der Waals surface area contributed by atoms with Crippen LogP contribution in [0.1, 0.15) is 34.8 Å². The molecule has 1 N–H and O–H groups in total. The van der Waals surface area contributed by atoms with E-state index in [0.717, 1.165) is 11.8 Å². The number of hydrogen-bond donors (Lipinski definition) is 1. The van der Waals surface area contributed by atoms with Gasteiger partial charge in [0.2, 0.25) is 10.0 Å². The average Bonchev–Trinajstić information content (AvgIpc) is 2.72. The van der Waals surface area contributed by atoms with Crippen LogP contribution in [0, 0.1) is 0 Å². The van der Waals surface area contributed by atoms with Gasteiger partial charge in [0, 0.05) is 24.3 Å². The van der Waals surface area contributed by atoms with E-state index >= 15 is 0 Å². The molecule has 1 aromatic carbocycles. The predicted molar refractivity (Wildman–Crippen MR) is 104 cm³/mol. The number of halogens is 1. The maximum Gasteiger partial charge on any atom is 1.00 e. The van der Waals surface area contributed by atoms with Crippen LogP contribution in [0.2, 0.25) is 5.02 Å². The van der Waals surface area contributed by atoms with E-state index in [9.17, 15) is 23.1 Å². The van der Waals surface area contributed by atoms with Crippen LogP contribution in [0.3, 0.4) is 0 Å². The van der Waals surface area contributed by atoms with Crippen LogP contribution in [-0.2, 0) is 14.8 Å². The van der Waals surface area contributed by atoms with Gasteiger partial charge in [-0.2, -0.15) is 4.31 Å². The van der Waals surface area contributed by atoms with Gasteiger partial charge in [0.15, 0.2) is 0 Å². The Bertz CT molecular complexity index is 992. The van der Waals surface area contributed by atoms with Crippen molar-refractivity contribution in [2.45, 2.75) is 23.7 Å². The van der Waals surface area contributed by atoms with Gasteiger partial charge >= 0.3 is 51.4 Å². The molecule has 1 fully saturated rings. The van der Waals surface area contributed by atoms with Crippen LogP contribution < -0.4 is 61.8 Å². The van der Waals surface area contributed by atoms with Crippen molar-refractivity contribution < 1.29 is 74.5 Å². The Morgan fingerprint density at radius 2 is 1.77 bits per heavy atom. The van der Waals surface area contributed by atoms with Gasteiger partial charge in [-0.25, -0.2) is 13.4 Å². The van der Waals surface area contributed by atoms with Crippen molar-refractivity contribution in [3.63, 3.8) is 0 Å². The second-order valence-corrected chi connectivity index (χ2v) is 9.04. The first kappa shape index (κ1) is 25.4. The fourth-order valence-corrected chi connectivity index (χ4v) is 4.77. The van der Waals surface area contributed by atoms with Gasteiger partial charge in [-0.05, 0) is 48.6 Å². The minimum Gasteiger partial charge on any atom is -0.548 e. The Hall–Kier alpha value is -0.854. The minimum absolute atomic E-state index is 0. The molecule has 0 atom stereocenters. The second-order valence-electron chi connectivity index (χ2n) is 6.66. The van der Waals surface area contributed by atoms with Gasteiger partial charge in [0.1, 0.15) is 10.6 Å². The largest absolute Gasteiger partial charge is 1.00 e. The number of nitrogens with zero attached hydrogens (tertiary/aromatic N) is 2. The summed E-state index contributed by atoms with van der Waals surface area (Å²) in [5.41, 5.74) is 1.06. The Morgan fingerprint density at radius 1 is 1.13 bits per heavy atom. The van der Waals surface area contributed by atoms with Gasteiger partial charge in [-0.3, -0.25) is 4.79 Å². The van der Waals surface area contributed by atoms with E-state index in [1.165, 1.54) is 16.4 Å². The summed E-state index contributed by atoms with van der Waals surface area (Å²) in [6.07, 6.45) is 2.49. The quantitative estimate of drug-likeness (QED) is 0.473. The fraction of sp³-hybridized carbons (Fsp3) is 0.316. The number of piperidine rings is 1. The molecule has 30 heavy (non-hydrogen) atoms. The normalized spacial score (nSPS) is 15.2. The molecule has 2 aromatic rings. The number of pyridine rings is 1. The third-order valence-electron chi connectivity index (χ3n) is 4.80. The summed E-state index contributed by atoms with van der Waals surface area (Å²) in [5, 5.41) is 13.2. The molecule has 0 radical (unpaired) electrons. The summed E-state index contributed by atoms with van der Waals surface area (Å²) in [5.74, 6) is -1.88. The second kappa shape index (κ2) is 11.1. The van der Waals surface area contributed by atoms with E-state index < -0.39 is 28.4 Å². The summed E-state index contributed by atoms with van der Waals surface area (Å²) in [7, 11) is -3.73. The van der Waals surface area contributed by atoms with Crippen LogP contribution >= 0.6 is 11.6 Å². The number of carboxylic acids is 1. The number of aliphatic carboxylic acids is 1. The molecule has 154 valence electrons. The first-order valence-corrected chi connectivity index (χ1v) is 10.8. The maximum absolute atomic E-state index is 12.9. The first-order chi connectivity index (χ1) is 13.8. The van der Waals surface area contributed by atoms with E-state index in [4.69, 9.17) is 11.6 Å². The zero-order valence-corrected chi connectivity index (χ0v) is 21.1. The molecule has 0 unspecified atom stereocenters. The molecule has 0 saturated carbocycles. The fourth-order valence-electron chi connectivity index (χ4n) is 3.22. The topological polar surface area (TPSA) is 119 Å². The molecule has 1 saturated heterocycles. The molecule has 8 nitrogen and oxygen atoms in total. The monoisotopic (exact) mass is 475 g/mol. The third-order valence-corrected chi connectivity index (χ3v) is 6.93. The van der Waals surface area contributed by atoms with Crippen LogP contribution in [0.15, 0.2) is 47.5 Å². The Labute approximate surface area is 222 Å². The predicted octanol–water partition coefficient (Wildman–Crippen LogP) is -2.21. The molecule has 2 heterocycles. The van der Waals surface area contributed by atoms with Crippen LogP contribution in [0.5, 0.6) is 0 Å². The molecule has 11 heteroatoms. The molecule has 1 aliphatic heterocycles. The van der Waals surface area contributed by atoms with Gasteiger partial charge in [-0.15, -0.1) is 0 Å². The van der Waals surface area contributed by atoms with Gasteiger partial charge in [0.05, 0.1) is 12.5 Å². The zero-order chi connectivity index (χ0) is 21.0.